The largest absolute Gasteiger partial charge is 0.481 e. The van der Waals surface area contributed by atoms with E-state index in [1.165, 1.54) is 10.4 Å². The molecule has 0 bridgehead atoms. The molecule has 1 amide bonds. The lowest BCUT2D eigenvalue weighted by Crippen LogP contribution is -2.42. The standard InChI is InChI=1S/C16H21NO3S/c1-10-4-5-12-13(9-21-14(12)7-10)15(18)17-6-2-3-11(8-17)16(19)20/h9-11H,2-8H2,1H3,(H,19,20). The zero-order chi connectivity index (χ0) is 15.0. The molecule has 2 atom stereocenters. The van der Waals surface area contributed by atoms with E-state index in [2.05, 4.69) is 6.92 Å². The Morgan fingerprint density at radius 1 is 1.38 bits per heavy atom. The number of aliphatic carboxylic acids is 1. The van der Waals surface area contributed by atoms with Gasteiger partial charge in [0.15, 0.2) is 0 Å². The van der Waals surface area contributed by atoms with E-state index in [0.717, 1.165) is 31.2 Å². The van der Waals surface area contributed by atoms with Crippen molar-refractivity contribution >= 4 is 23.2 Å². The Morgan fingerprint density at radius 3 is 2.95 bits per heavy atom. The Balaban J connectivity index is 1.78. The number of thiophene rings is 1. The average Bonchev–Trinajstić information content (AvgIpc) is 2.89. The number of piperidine rings is 1. The van der Waals surface area contributed by atoms with E-state index < -0.39 is 11.9 Å². The molecule has 2 aliphatic rings. The molecule has 1 N–H and O–H groups in total. The zero-order valence-corrected chi connectivity index (χ0v) is 13.1. The van der Waals surface area contributed by atoms with Crippen LogP contribution < -0.4 is 0 Å². The van der Waals surface area contributed by atoms with Crippen molar-refractivity contribution in [3.63, 3.8) is 0 Å². The summed E-state index contributed by atoms with van der Waals surface area (Å²) in [5.74, 6) is -0.454. The minimum absolute atomic E-state index is 0.0352. The van der Waals surface area contributed by atoms with E-state index in [4.69, 9.17) is 5.11 Å². The molecular formula is C16H21NO3S. The zero-order valence-electron chi connectivity index (χ0n) is 12.3. The fourth-order valence-corrected chi connectivity index (χ4v) is 4.63. The van der Waals surface area contributed by atoms with Gasteiger partial charge >= 0.3 is 5.97 Å². The SMILES string of the molecule is CC1CCc2c(C(=O)N3CCCC(C(=O)O)C3)csc2C1. The van der Waals surface area contributed by atoms with Gasteiger partial charge in [-0.3, -0.25) is 9.59 Å². The lowest BCUT2D eigenvalue weighted by Gasteiger charge is -2.31. The first kappa shape index (κ1) is 14.6. The molecule has 21 heavy (non-hydrogen) atoms. The van der Waals surface area contributed by atoms with Gasteiger partial charge < -0.3 is 10.0 Å². The van der Waals surface area contributed by atoms with E-state index in [1.807, 2.05) is 5.38 Å². The number of likely N-dealkylation sites (tertiary alicyclic amines) is 1. The van der Waals surface area contributed by atoms with Gasteiger partial charge in [-0.15, -0.1) is 11.3 Å². The predicted octanol–water partition coefficient (Wildman–Crippen LogP) is 2.81. The number of nitrogens with zero attached hydrogens (tertiary/aromatic N) is 1. The number of hydrogen-bond acceptors (Lipinski definition) is 3. The topological polar surface area (TPSA) is 57.6 Å². The first-order valence-corrected chi connectivity index (χ1v) is 8.55. The van der Waals surface area contributed by atoms with E-state index in [0.29, 0.717) is 25.4 Å². The molecule has 3 rings (SSSR count). The van der Waals surface area contributed by atoms with Crippen LogP contribution in [0, 0.1) is 11.8 Å². The van der Waals surface area contributed by atoms with Gasteiger partial charge in [-0.25, -0.2) is 0 Å². The van der Waals surface area contributed by atoms with Crippen molar-refractivity contribution in [2.24, 2.45) is 11.8 Å². The van der Waals surface area contributed by atoms with Crippen LogP contribution in [0.2, 0.25) is 0 Å². The minimum Gasteiger partial charge on any atom is -0.481 e. The second kappa shape index (κ2) is 5.79. The predicted molar refractivity (Wildman–Crippen MR) is 81.8 cm³/mol. The highest BCUT2D eigenvalue weighted by atomic mass is 32.1. The Bertz CT molecular complexity index is 566. The van der Waals surface area contributed by atoms with Crippen LogP contribution in [0.5, 0.6) is 0 Å². The van der Waals surface area contributed by atoms with Crippen molar-refractivity contribution in [3.8, 4) is 0 Å². The number of rotatable bonds is 2. The molecule has 1 aromatic rings. The molecule has 1 fully saturated rings. The smallest absolute Gasteiger partial charge is 0.308 e. The molecule has 0 saturated carbocycles. The van der Waals surface area contributed by atoms with E-state index in [-0.39, 0.29) is 5.91 Å². The van der Waals surface area contributed by atoms with Crippen LogP contribution in [0.15, 0.2) is 5.38 Å². The Hall–Kier alpha value is -1.36. The Morgan fingerprint density at radius 2 is 2.19 bits per heavy atom. The van der Waals surface area contributed by atoms with E-state index >= 15 is 0 Å². The van der Waals surface area contributed by atoms with E-state index in [1.54, 1.807) is 16.2 Å². The fourth-order valence-electron chi connectivity index (χ4n) is 3.39. The third-order valence-corrected chi connectivity index (χ3v) is 5.74. The Labute approximate surface area is 128 Å². The summed E-state index contributed by atoms with van der Waals surface area (Å²) in [6.07, 6.45) is 4.66. The molecule has 1 saturated heterocycles. The van der Waals surface area contributed by atoms with Gasteiger partial charge in [-0.2, -0.15) is 0 Å². The summed E-state index contributed by atoms with van der Waals surface area (Å²) < 4.78 is 0. The van der Waals surface area contributed by atoms with Crippen molar-refractivity contribution in [1.29, 1.82) is 0 Å². The molecular weight excluding hydrogens is 286 g/mol. The summed E-state index contributed by atoms with van der Waals surface area (Å²) in [6, 6.07) is 0. The van der Waals surface area contributed by atoms with Crippen molar-refractivity contribution in [1.82, 2.24) is 4.90 Å². The highest BCUT2D eigenvalue weighted by Gasteiger charge is 2.31. The number of carboxylic acids is 1. The fraction of sp³-hybridized carbons (Fsp3) is 0.625. The molecule has 0 aromatic carbocycles. The maximum Gasteiger partial charge on any atom is 0.308 e. The minimum atomic E-state index is -0.784. The summed E-state index contributed by atoms with van der Waals surface area (Å²) in [5, 5.41) is 11.1. The van der Waals surface area contributed by atoms with Crippen LogP contribution >= 0.6 is 11.3 Å². The van der Waals surface area contributed by atoms with Crippen molar-refractivity contribution < 1.29 is 14.7 Å². The molecule has 114 valence electrons. The normalized spacial score (nSPS) is 25.5. The van der Waals surface area contributed by atoms with Gasteiger partial charge in [0, 0.05) is 23.3 Å². The number of fused-ring (bicyclic) bond motifs is 1. The lowest BCUT2D eigenvalue weighted by atomic mass is 9.88. The number of hydrogen-bond donors (Lipinski definition) is 1. The quantitative estimate of drug-likeness (QED) is 0.914. The van der Waals surface area contributed by atoms with Gasteiger partial charge in [0.2, 0.25) is 0 Å². The van der Waals surface area contributed by atoms with Crippen LogP contribution in [0.25, 0.3) is 0 Å². The first-order valence-electron chi connectivity index (χ1n) is 7.67. The third-order valence-electron chi connectivity index (χ3n) is 4.69. The average molecular weight is 307 g/mol. The summed E-state index contributed by atoms with van der Waals surface area (Å²) in [6.45, 7) is 3.30. The van der Waals surface area contributed by atoms with Crippen LogP contribution in [-0.2, 0) is 17.6 Å². The van der Waals surface area contributed by atoms with Crippen LogP contribution in [-0.4, -0.2) is 35.0 Å². The molecule has 1 aromatic heterocycles. The van der Waals surface area contributed by atoms with Gasteiger partial charge in [0.1, 0.15) is 0 Å². The second-order valence-corrected chi connectivity index (χ2v) is 7.29. The number of amides is 1. The molecule has 0 radical (unpaired) electrons. The third kappa shape index (κ3) is 2.84. The number of carbonyl (C=O) groups is 2. The van der Waals surface area contributed by atoms with Gasteiger partial charge in [-0.05, 0) is 43.6 Å². The molecule has 1 aliphatic carbocycles. The van der Waals surface area contributed by atoms with Crippen LogP contribution in [0.3, 0.4) is 0 Å². The summed E-state index contributed by atoms with van der Waals surface area (Å²) in [4.78, 5) is 27.0. The van der Waals surface area contributed by atoms with E-state index in [9.17, 15) is 9.59 Å². The van der Waals surface area contributed by atoms with Crippen LogP contribution in [0.1, 0.15) is 47.0 Å². The van der Waals surface area contributed by atoms with Gasteiger partial charge in [0.05, 0.1) is 11.5 Å². The summed E-state index contributed by atoms with van der Waals surface area (Å²) >= 11 is 1.69. The number of carbonyl (C=O) groups excluding carboxylic acids is 1. The van der Waals surface area contributed by atoms with Gasteiger partial charge in [-0.1, -0.05) is 6.92 Å². The molecule has 0 spiro atoms. The van der Waals surface area contributed by atoms with Crippen LogP contribution in [0.4, 0.5) is 0 Å². The monoisotopic (exact) mass is 307 g/mol. The maximum absolute atomic E-state index is 12.7. The van der Waals surface area contributed by atoms with Crippen molar-refractivity contribution in [2.75, 3.05) is 13.1 Å². The molecule has 1 aliphatic heterocycles. The van der Waals surface area contributed by atoms with Crippen molar-refractivity contribution in [3.05, 3.63) is 21.4 Å². The maximum atomic E-state index is 12.7. The molecule has 4 nitrogen and oxygen atoms in total. The second-order valence-electron chi connectivity index (χ2n) is 6.33. The molecule has 2 heterocycles. The Kier molecular flexibility index (Phi) is 4.02. The van der Waals surface area contributed by atoms with Gasteiger partial charge in [0.25, 0.3) is 5.91 Å². The van der Waals surface area contributed by atoms with Crippen molar-refractivity contribution in [2.45, 2.75) is 39.0 Å². The lowest BCUT2D eigenvalue weighted by molar-refractivity contribution is -0.143. The first-order chi connectivity index (χ1) is 10.1. The molecule has 2 unspecified atom stereocenters. The summed E-state index contributed by atoms with van der Waals surface area (Å²) in [5.41, 5.74) is 2.05. The summed E-state index contributed by atoms with van der Waals surface area (Å²) in [7, 11) is 0. The highest BCUT2D eigenvalue weighted by Crippen LogP contribution is 2.34. The number of carboxylic acid groups (broad SMARTS) is 1. The molecule has 5 heteroatoms. The highest BCUT2D eigenvalue weighted by molar-refractivity contribution is 7.10.